The Morgan fingerprint density at radius 2 is 2.23 bits per heavy atom. The number of benzene rings is 1. The van der Waals surface area contributed by atoms with Crippen molar-refractivity contribution in [2.45, 2.75) is 26.3 Å². The molecule has 9 nitrogen and oxygen atoms in total. The molecule has 0 unspecified atom stereocenters. The van der Waals surface area contributed by atoms with Gasteiger partial charge < -0.3 is 5.32 Å². The van der Waals surface area contributed by atoms with Gasteiger partial charge in [0.15, 0.2) is 6.04 Å². The van der Waals surface area contributed by atoms with E-state index >= 15 is 0 Å². The topological polar surface area (TPSA) is 116 Å². The number of tetrazole rings is 1. The number of anilines is 1. The molecule has 1 amide bonds. The third-order valence-electron chi connectivity index (χ3n) is 3.87. The van der Waals surface area contributed by atoms with Gasteiger partial charge >= 0.3 is 0 Å². The number of non-ortho nitro benzene ring substituents is 1. The predicted octanol–water partition coefficient (Wildman–Crippen LogP) is 3.21. The molecule has 0 saturated heterocycles. The first-order chi connectivity index (χ1) is 12.5. The quantitative estimate of drug-likeness (QED) is 0.525. The van der Waals surface area contributed by atoms with Gasteiger partial charge in [-0.1, -0.05) is 13.0 Å². The van der Waals surface area contributed by atoms with E-state index in [9.17, 15) is 14.9 Å². The van der Waals surface area contributed by atoms with Crippen molar-refractivity contribution in [1.29, 1.82) is 0 Å². The van der Waals surface area contributed by atoms with Gasteiger partial charge in [-0.05, 0) is 35.6 Å². The minimum Gasteiger partial charge on any atom is -0.324 e. The van der Waals surface area contributed by atoms with Crippen LogP contribution in [-0.4, -0.2) is 31.0 Å². The maximum Gasteiger partial charge on any atom is 0.271 e. The number of nitrogens with zero attached hydrogens (tertiary/aromatic N) is 5. The van der Waals surface area contributed by atoms with Crippen molar-refractivity contribution in [3.05, 3.63) is 50.7 Å². The Bertz CT molecular complexity index is 937. The fourth-order valence-electron chi connectivity index (χ4n) is 2.39. The molecule has 0 bridgehead atoms. The Morgan fingerprint density at radius 3 is 2.88 bits per heavy atom. The summed E-state index contributed by atoms with van der Waals surface area (Å²) >= 11 is 1.52. The van der Waals surface area contributed by atoms with Gasteiger partial charge in [0, 0.05) is 23.1 Å². The van der Waals surface area contributed by atoms with Gasteiger partial charge in [-0.15, -0.1) is 10.2 Å². The van der Waals surface area contributed by atoms with Crippen LogP contribution >= 0.6 is 11.3 Å². The van der Waals surface area contributed by atoms with Crippen molar-refractivity contribution in [2.24, 2.45) is 0 Å². The number of hydrogen-bond acceptors (Lipinski definition) is 7. The van der Waals surface area contributed by atoms with Crippen LogP contribution in [0.25, 0.3) is 11.4 Å². The maximum atomic E-state index is 12.7. The number of carbonyl (C=O) groups is 1. The van der Waals surface area contributed by atoms with Gasteiger partial charge in [-0.3, -0.25) is 14.9 Å². The number of nitrogens with one attached hydrogen (secondary N) is 1. The summed E-state index contributed by atoms with van der Waals surface area (Å²) in [5, 5.41) is 29.7. The second kappa shape index (κ2) is 7.40. The molecular formula is C16H16N6O3S. The van der Waals surface area contributed by atoms with Gasteiger partial charge in [0.2, 0.25) is 5.82 Å². The number of thiophene rings is 1. The highest BCUT2D eigenvalue weighted by molar-refractivity contribution is 7.08. The highest BCUT2D eigenvalue weighted by Crippen LogP contribution is 2.24. The Kier molecular flexibility index (Phi) is 5.03. The van der Waals surface area contributed by atoms with E-state index < -0.39 is 11.0 Å². The zero-order valence-corrected chi connectivity index (χ0v) is 14.9. The molecule has 0 spiro atoms. The van der Waals surface area contributed by atoms with E-state index in [0.717, 1.165) is 11.1 Å². The standard InChI is InChI=1S/C16H16N6O3S/c1-3-14(21-19-15(18-20-21)11-6-7-26-9-11)16(23)17-13-8-12(22(24)25)5-4-10(13)2/h4-9,14H,3H2,1-2H3,(H,17,23)/t14-/m1/s1. The Balaban J connectivity index is 1.82. The predicted molar refractivity (Wildman–Crippen MR) is 96.9 cm³/mol. The number of aromatic nitrogens is 4. The molecule has 3 aromatic rings. The average molecular weight is 372 g/mol. The molecule has 0 saturated carbocycles. The molecule has 0 aliphatic heterocycles. The Hall–Kier alpha value is -3.14. The van der Waals surface area contributed by atoms with E-state index in [2.05, 4.69) is 20.7 Å². The molecule has 10 heteroatoms. The lowest BCUT2D eigenvalue weighted by Crippen LogP contribution is -2.27. The van der Waals surface area contributed by atoms with Gasteiger partial charge in [0.25, 0.3) is 11.6 Å². The summed E-state index contributed by atoms with van der Waals surface area (Å²) in [5.74, 6) is 0.0920. The molecule has 2 heterocycles. The molecule has 1 atom stereocenters. The number of carbonyl (C=O) groups excluding carboxylic acids is 1. The highest BCUT2D eigenvalue weighted by Gasteiger charge is 2.23. The van der Waals surface area contributed by atoms with E-state index in [0.29, 0.717) is 17.9 Å². The zero-order chi connectivity index (χ0) is 18.7. The molecule has 26 heavy (non-hydrogen) atoms. The minimum atomic E-state index is -0.673. The lowest BCUT2D eigenvalue weighted by Gasteiger charge is -2.14. The lowest BCUT2D eigenvalue weighted by atomic mass is 10.1. The minimum absolute atomic E-state index is 0.0856. The molecule has 1 aromatic carbocycles. The van der Waals surface area contributed by atoms with Crippen LogP contribution in [0.4, 0.5) is 11.4 Å². The summed E-state index contributed by atoms with van der Waals surface area (Å²) < 4.78 is 0. The van der Waals surface area contributed by atoms with Crippen LogP contribution in [0.15, 0.2) is 35.0 Å². The van der Waals surface area contributed by atoms with Crippen molar-refractivity contribution in [3.63, 3.8) is 0 Å². The first-order valence-corrected chi connectivity index (χ1v) is 8.82. The fraction of sp³-hybridized carbons (Fsp3) is 0.250. The number of amides is 1. The molecule has 0 fully saturated rings. The maximum absolute atomic E-state index is 12.7. The van der Waals surface area contributed by atoms with E-state index in [1.54, 1.807) is 13.0 Å². The number of hydrogen-bond donors (Lipinski definition) is 1. The third kappa shape index (κ3) is 3.59. The van der Waals surface area contributed by atoms with Crippen molar-refractivity contribution in [3.8, 4) is 11.4 Å². The van der Waals surface area contributed by atoms with E-state index in [1.807, 2.05) is 23.8 Å². The van der Waals surface area contributed by atoms with Gasteiger partial charge in [0.1, 0.15) is 0 Å². The molecule has 3 rings (SSSR count). The van der Waals surface area contributed by atoms with Crippen molar-refractivity contribution < 1.29 is 9.72 Å². The Labute approximate surface area is 152 Å². The normalized spacial score (nSPS) is 11.9. The second-order valence-corrected chi connectivity index (χ2v) is 6.40. The highest BCUT2D eigenvalue weighted by atomic mass is 32.1. The molecule has 0 aliphatic carbocycles. The summed E-state index contributed by atoms with van der Waals surface area (Å²) in [7, 11) is 0. The molecule has 134 valence electrons. The van der Waals surface area contributed by atoms with Crippen LogP contribution in [0.2, 0.25) is 0 Å². The molecule has 2 aromatic heterocycles. The van der Waals surface area contributed by atoms with E-state index in [-0.39, 0.29) is 11.6 Å². The fourth-order valence-corrected chi connectivity index (χ4v) is 3.03. The van der Waals surface area contributed by atoms with Crippen molar-refractivity contribution >= 4 is 28.6 Å². The zero-order valence-electron chi connectivity index (χ0n) is 14.1. The molecule has 1 N–H and O–H groups in total. The summed E-state index contributed by atoms with van der Waals surface area (Å²) in [4.78, 5) is 24.4. The number of aryl methyl sites for hydroxylation is 1. The summed E-state index contributed by atoms with van der Waals surface area (Å²) in [6.45, 7) is 3.60. The van der Waals surface area contributed by atoms with Crippen LogP contribution in [0.3, 0.4) is 0 Å². The van der Waals surface area contributed by atoms with Gasteiger partial charge in [-0.25, -0.2) is 0 Å². The van der Waals surface area contributed by atoms with Crippen LogP contribution in [0, 0.1) is 17.0 Å². The van der Waals surface area contributed by atoms with Crippen LogP contribution in [-0.2, 0) is 4.79 Å². The Morgan fingerprint density at radius 1 is 1.42 bits per heavy atom. The lowest BCUT2D eigenvalue weighted by molar-refractivity contribution is -0.384. The second-order valence-electron chi connectivity index (χ2n) is 5.62. The van der Waals surface area contributed by atoms with Crippen LogP contribution < -0.4 is 5.32 Å². The van der Waals surface area contributed by atoms with Crippen molar-refractivity contribution in [2.75, 3.05) is 5.32 Å². The first-order valence-electron chi connectivity index (χ1n) is 7.87. The number of rotatable bonds is 6. The average Bonchev–Trinajstić information content (AvgIpc) is 3.28. The largest absolute Gasteiger partial charge is 0.324 e. The first kappa shape index (κ1) is 17.7. The summed E-state index contributed by atoms with van der Waals surface area (Å²) in [5.41, 5.74) is 1.87. The van der Waals surface area contributed by atoms with Crippen LogP contribution in [0.1, 0.15) is 24.9 Å². The summed E-state index contributed by atoms with van der Waals surface area (Å²) in [6, 6.07) is 5.53. The van der Waals surface area contributed by atoms with Gasteiger partial charge in [-0.2, -0.15) is 16.1 Å². The SMILES string of the molecule is CC[C@H](C(=O)Nc1cc([N+](=O)[O-])ccc1C)n1nnc(-c2ccsc2)n1. The van der Waals surface area contributed by atoms with E-state index in [1.165, 1.54) is 28.3 Å². The number of nitro benzene ring substituents is 1. The number of nitro groups is 1. The third-order valence-corrected chi connectivity index (χ3v) is 4.55. The van der Waals surface area contributed by atoms with E-state index in [4.69, 9.17) is 0 Å². The molecular weight excluding hydrogens is 356 g/mol. The van der Waals surface area contributed by atoms with Gasteiger partial charge in [0.05, 0.1) is 10.6 Å². The monoisotopic (exact) mass is 372 g/mol. The molecule has 0 aliphatic rings. The summed E-state index contributed by atoms with van der Waals surface area (Å²) in [6.07, 6.45) is 0.444. The smallest absolute Gasteiger partial charge is 0.271 e. The molecule has 0 radical (unpaired) electrons. The van der Waals surface area contributed by atoms with Crippen LogP contribution in [0.5, 0.6) is 0 Å². The van der Waals surface area contributed by atoms with Crippen molar-refractivity contribution in [1.82, 2.24) is 20.2 Å².